The third kappa shape index (κ3) is 2.38. The van der Waals surface area contributed by atoms with E-state index in [2.05, 4.69) is 11.9 Å². The highest BCUT2D eigenvalue weighted by molar-refractivity contribution is 6.09. The van der Waals surface area contributed by atoms with Crippen molar-refractivity contribution >= 4 is 16.7 Å². The van der Waals surface area contributed by atoms with E-state index in [-0.39, 0.29) is 5.78 Å². The Morgan fingerprint density at radius 1 is 1.35 bits per heavy atom. The van der Waals surface area contributed by atoms with Gasteiger partial charge in [-0.3, -0.25) is 4.79 Å². The van der Waals surface area contributed by atoms with Crippen LogP contribution in [-0.2, 0) is 0 Å². The molecule has 0 radical (unpaired) electrons. The van der Waals surface area contributed by atoms with Crippen LogP contribution in [0.2, 0.25) is 0 Å². The maximum atomic E-state index is 12.7. The number of Topliss-reactive ketones (excluding diaryl/α,β-unsaturated/α-hetero) is 1. The second-order valence-electron chi connectivity index (χ2n) is 6.08. The lowest BCUT2D eigenvalue weighted by Gasteiger charge is -2.29. The molecule has 1 aliphatic rings. The number of nitrogens with one attached hydrogen (secondary N) is 2. The number of ketones is 1. The zero-order valence-corrected chi connectivity index (χ0v) is 12.3. The van der Waals surface area contributed by atoms with Crippen LogP contribution in [0.25, 0.3) is 10.9 Å². The molecular formula is C17H23N2O+. The molecule has 1 aliphatic heterocycles. The van der Waals surface area contributed by atoms with E-state index in [0.717, 1.165) is 28.7 Å². The summed E-state index contributed by atoms with van der Waals surface area (Å²) in [5, 5.41) is 1.07. The number of rotatable bonds is 3. The van der Waals surface area contributed by atoms with E-state index >= 15 is 0 Å². The maximum absolute atomic E-state index is 12.7. The Morgan fingerprint density at radius 3 is 2.95 bits per heavy atom. The highest BCUT2D eigenvalue weighted by Gasteiger charge is 2.26. The lowest BCUT2D eigenvalue weighted by atomic mass is 10.0. The molecular weight excluding hydrogens is 248 g/mol. The molecule has 0 spiro atoms. The number of aromatic amines is 1. The van der Waals surface area contributed by atoms with Crippen molar-refractivity contribution in [1.29, 1.82) is 0 Å². The average Bonchev–Trinajstić information content (AvgIpc) is 2.77. The Morgan fingerprint density at radius 2 is 2.15 bits per heavy atom. The van der Waals surface area contributed by atoms with E-state index in [9.17, 15) is 4.79 Å². The fourth-order valence-corrected chi connectivity index (χ4v) is 3.45. The van der Waals surface area contributed by atoms with Crippen molar-refractivity contribution in [3.8, 4) is 0 Å². The van der Waals surface area contributed by atoms with Crippen LogP contribution in [0, 0.1) is 6.92 Å². The Hall–Kier alpha value is -1.61. The molecule has 1 saturated heterocycles. The van der Waals surface area contributed by atoms with Crippen LogP contribution >= 0.6 is 0 Å². The quantitative estimate of drug-likeness (QED) is 0.824. The maximum Gasteiger partial charge on any atom is 0.219 e. The van der Waals surface area contributed by atoms with Gasteiger partial charge in [0, 0.05) is 16.6 Å². The molecule has 3 rings (SSSR count). The van der Waals surface area contributed by atoms with Gasteiger partial charge in [0.25, 0.3) is 0 Å². The summed E-state index contributed by atoms with van der Waals surface area (Å²) in [6.45, 7) is 6.03. The van der Waals surface area contributed by atoms with Gasteiger partial charge < -0.3 is 9.88 Å². The normalized spacial score (nSPS) is 23.1. The fourth-order valence-electron chi connectivity index (χ4n) is 3.45. The second-order valence-corrected chi connectivity index (χ2v) is 6.08. The number of benzene rings is 1. The van der Waals surface area contributed by atoms with E-state index in [4.69, 9.17) is 0 Å². The fraction of sp³-hybridized carbons (Fsp3) is 0.471. The van der Waals surface area contributed by atoms with Gasteiger partial charge in [-0.15, -0.1) is 0 Å². The van der Waals surface area contributed by atoms with Crippen LogP contribution in [0.3, 0.4) is 0 Å². The van der Waals surface area contributed by atoms with Crippen molar-refractivity contribution < 1.29 is 9.69 Å². The number of H-pyrrole nitrogens is 1. The van der Waals surface area contributed by atoms with Crippen LogP contribution in [0.4, 0.5) is 0 Å². The summed E-state index contributed by atoms with van der Waals surface area (Å²) in [5.41, 5.74) is 2.96. The van der Waals surface area contributed by atoms with Crippen molar-refractivity contribution in [2.24, 2.45) is 0 Å². The van der Waals surface area contributed by atoms with Gasteiger partial charge >= 0.3 is 0 Å². The molecule has 3 heteroatoms. The van der Waals surface area contributed by atoms with Crippen molar-refractivity contribution in [2.45, 2.75) is 39.2 Å². The van der Waals surface area contributed by atoms with Gasteiger partial charge in [-0.25, -0.2) is 0 Å². The van der Waals surface area contributed by atoms with Crippen LogP contribution < -0.4 is 4.90 Å². The van der Waals surface area contributed by atoms with E-state index in [1.54, 1.807) is 0 Å². The minimum absolute atomic E-state index is 0.281. The zero-order valence-electron chi connectivity index (χ0n) is 12.3. The summed E-state index contributed by atoms with van der Waals surface area (Å²) in [7, 11) is 0. The Balaban J connectivity index is 1.87. The number of fused-ring (bicyclic) bond motifs is 1. The molecule has 0 saturated carbocycles. The number of aryl methyl sites for hydroxylation is 1. The Kier molecular flexibility index (Phi) is 3.62. The first-order valence-electron chi connectivity index (χ1n) is 7.62. The minimum atomic E-state index is 0.281. The van der Waals surface area contributed by atoms with E-state index in [1.807, 2.05) is 31.2 Å². The molecule has 1 aromatic carbocycles. The van der Waals surface area contributed by atoms with Crippen molar-refractivity contribution in [3.63, 3.8) is 0 Å². The van der Waals surface area contributed by atoms with Gasteiger partial charge in [-0.1, -0.05) is 18.2 Å². The summed E-state index contributed by atoms with van der Waals surface area (Å²) in [6, 6.07) is 8.70. The van der Waals surface area contributed by atoms with Gasteiger partial charge in [-0.2, -0.15) is 0 Å². The number of likely N-dealkylation sites (tertiary alicyclic amines) is 1. The molecule has 2 atom stereocenters. The first-order valence-corrected chi connectivity index (χ1v) is 7.62. The number of hydrogen-bond donors (Lipinski definition) is 2. The van der Waals surface area contributed by atoms with Gasteiger partial charge in [0.1, 0.15) is 6.54 Å². The molecule has 106 valence electrons. The molecule has 20 heavy (non-hydrogen) atoms. The van der Waals surface area contributed by atoms with Crippen LogP contribution in [0.15, 0.2) is 24.3 Å². The predicted molar refractivity (Wildman–Crippen MR) is 81.4 cm³/mol. The Labute approximate surface area is 120 Å². The summed E-state index contributed by atoms with van der Waals surface area (Å²) >= 11 is 0. The van der Waals surface area contributed by atoms with Crippen molar-refractivity contribution in [3.05, 3.63) is 35.5 Å². The molecule has 1 unspecified atom stereocenters. The molecule has 2 heterocycles. The molecule has 1 fully saturated rings. The molecule has 2 N–H and O–H groups in total. The van der Waals surface area contributed by atoms with Gasteiger partial charge in [-0.05, 0) is 39.2 Å². The lowest BCUT2D eigenvalue weighted by molar-refractivity contribution is -0.920. The lowest BCUT2D eigenvalue weighted by Crippen LogP contribution is -3.16. The Bertz CT molecular complexity index is 629. The first-order chi connectivity index (χ1) is 9.66. The van der Waals surface area contributed by atoms with Gasteiger partial charge in [0.05, 0.1) is 18.2 Å². The van der Waals surface area contributed by atoms with E-state index in [0.29, 0.717) is 12.6 Å². The number of carbonyl (C=O) groups excluding carboxylic acids is 1. The molecule has 2 aromatic rings. The van der Waals surface area contributed by atoms with E-state index in [1.165, 1.54) is 24.2 Å². The third-order valence-corrected chi connectivity index (χ3v) is 4.64. The van der Waals surface area contributed by atoms with Gasteiger partial charge in [0.15, 0.2) is 0 Å². The number of quaternary nitrogens is 1. The molecule has 0 bridgehead atoms. The number of para-hydroxylation sites is 1. The highest BCUT2D eigenvalue weighted by Crippen LogP contribution is 2.21. The zero-order chi connectivity index (χ0) is 14.1. The molecule has 1 aromatic heterocycles. The molecule has 3 nitrogen and oxygen atoms in total. The second kappa shape index (κ2) is 5.41. The van der Waals surface area contributed by atoms with Crippen molar-refractivity contribution in [2.75, 3.05) is 13.1 Å². The third-order valence-electron chi connectivity index (χ3n) is 4.64. The summed E-state index contributed by atoms with van der Waals surface area (Å²) in [5.74, 6) is 0.281. The number of aromatic nitrogens is 1. The molecule has 0 aliphatic carbocycles. The summed E-state index contributed by atoms with van der Waals surface area (Å²) in [6.07, 6.45) is 3.81. The molecule has 0 amide bonds. The SMILES string of the molecule is Cc1[nH]c2ccccc2c1C(=O)C[NH+]1CCCC[C@H]1C. The number of piperidine rings is 1. The highest BCUT2D eigenvalue weighted by atomic mass is 16.1. The van der Waals surface area contributed by atoms with Crippen LogP contribution in [0.1, 0.15) is 42.2 Å². The average molecular weight is 271 g/mol. The van der Waals surface area contributed by atoms with E-state index < -0.39 is 0 Å². The minimum Gasteiger partial charge on any atom is -0.358 e. The van der Waals surface area contributed by atoms with Crippen LogP contribution in [-0.4, -0.2) is 29.9 Å². The summed E-state index contributed by atoms with van der Waals surface area (Å²) < 4.78 is 0. The van der Waals surface area contributed by atoms with Crippen LogP contribution in [0.5, 0.6) is 0 Å². The van der Waals surface area contributed by atoms with Crippen molar-refractivity contribution in [1.82, 2.24) is 4.98 Å². The number of hydrogen-bond acceptors (Lipinski definition) is 1. The standard InChI is InChI=1S/C17H22N2O/c1-12-7-5-6-10-19(12)11-16(20)17-13(2)18-15-9-4-3-8-14(15)17/h3-4,8-9,12,18H,5-7,10-11H2,1-2H3/p+1/t12-/m1/s1. The smallest absolute Gasteiger partial charge is 0.219 e. The largest absolute Gasteiger partial charge is 0.358 e. The van der Waals surface area contributed by atoms with Gasteiger partial charge in [0.2, 0.25) is 5.78 Å². The number of carbonyl (C=O) groups is 1. The predicted octanol–water partition coefficient (Wildman–Crippen LogP) is 2.12. The topological polar surface area (TPSA) is 37.3 Å². The monoisotopic (exact) mass is 271 g/mol. The summed E-state index contributed by atoms with van der Waals surface area (Å²) in [4.78, 5) is 17.5. The first kappa shape index (κ1) is 13.4.